The third-order valence-corrected chi connectivity index (χ3v) is 3.02. The first-order valence-corrected chi connectivity index (χ1v) is 5.81. The van der Waals surface area contributed by atoms with E-state index in [4.69, 9.17) is 0 Å². The van der Waals surface area contributed by atoms with E-state index in [-0.39, 0.29) is 18.0 Å². The summed E-state index contributed by atoms with van der Waals surface area (Å²) in [4.78, 5) is 37.1. The quantitative estimate of drug-likeness (QED) is 0.737. The van der Waals surface area contributed by atoms with Gasteiger partial charge in [0.15, 0.2) is 5.13 Å². The van der Waals surface area contributed by atoms with E-state index >= 15 is 0 Å². The summed E-state index contributed by atoms with van der Waals surface area (Å²) < 4.78 is 4.55. The summed E-state index contributed by atoms with van der Waals surface area (Å²) in [6, 6.07) is 0. The Morgan fingerprint density at radius 2 is 2.06 bits per heavy atom. The molecule has 1 aromatic heterocycles. The number of nitrogens with one attached hydrogen (secondary N) is 1. The van der Waals surface area contributed by atoms with Gasteiger partial charge in [0.25, 0.3) is 0 Å². The number of hydrogen-bond donors (Lipinski definition) is 1. The fraction of sp³-hybridized carbons (Fsp3) is 0.400. The Kier molecular flexibility index (Phi) is 4.78. The molecular weight excluding hydrogens is 260 g/mol. The molecule has 1 N–H and O–H groups in total. The van der Waals surface area contributed by atoms with Crippen LogP contribution in [-0.4, -0.2) is 29.9 Å². The molecule has 0 fully saturated rings. The second-order valence-electron chi connectivity index (χ2n) is 3.35. The standard InChI is InChI=1S/C10H12N2O5S/c1-5-8(9(16)17-2)18-10(11-5)12-6(13)3-4-7(14)15/h3-4H2,1-2H3,(H,14,15)(H,11,12,13)/p-1. The molecule has 0 radical (unpaired) electrons. The van der Waals surface area contributed by atoms with Crippen LogP contribution in [-0.2, 0) is 14.3 Å². The molecule has 1 amide bonds. The Morgan fingerprint density at radius 1 is 1.39 bits per heavy atom. The van der Waals surface area contributed by atoms with Crippen LogP contribution in [0.5, 0.6) is 0 Å². The van der Waals surface area contributed by atoms with Crippen molar-refractivity contribution in [1.29, 1.82) is 0 Å². The molecule has 8 heteroatoms. The number of aryl methyl sites for hydroxylation is 1. The number of ether oxygens (including phenoxy) is 1. The van der Waals surface area contributed by atoms with Crippen molar-refractivity contribution in [3.63, 3.8) is 0 Å². The van der Waals surface area contributed by atoms with Gasteiger partial charge in [-0.05, 0) is 13.3 Å². The van der Waals surface area contributed by atoms with Crippen molar-refractivity contribution < 1.29 is 24.2 Å². The van der Waals surface area contributed by atoms with Gasteiger partial charge in [-0.3, -0.25) is 4.79 Å². The third kappa shape index (κ3) is 3.81. The summed E-state index contributed by atoms with van der Waals surface area (Å²) in [7, 11) is 1.25. The molecule has 0 saturated carbocycles. The smallest absolute Gasteiger partial charge is 0.350 e. The lowest BCUT2D eigenvalue weighted by molar-refractivity contribution is -0.305. The zero-order valence-electron chi connectivity index (χ0n) is 9.81. The fourth-order valence-corrected chi connectivity index (χ4v) is 2.03. The minimum Gasteiger partial charge on any atom is -0.550 e. The number of anilines is 1. The van der Waals surface area contributed by atoms with Crippen LogP contribution >= 0.6 is 11.3 Å². The number of methoxy groups -OCH3 is 1. The maximum absolute atomic E-state index is 11.3. The molecule has 0 aromatic carbocycles. The van der Waals surface area contributed by atoms with Crippen molar-refractivity contribution in [2.45, 2.75) is 19.8 Å². The molecule has 98 valence electrons. The largest absolute Gasteiger partial charge is 0.550 e. The van der Waals surface area contributed by atoms with E-state index in [1.807, 2.05) is 0 Å². The molecule has 0 bridgehead atoms. The highest BCUT2D eigenvalue weighted by molar-refractivity contribution is 7.17. The molecule has 0 saturated heterocycles. The van der Waals surface area contributed by atoms with Gasteiger partial charge in [0.1, 0.15) is 4.88 Å². The maximum Gasteiger partial charge on any atom is 0.350 e. The Bertz CT molecular complexity index is 483. The second-order valence-corrected chi connectivity index (χ2v) is 4.34. The number of hydrogen-bond acceptors (Lipinski definition) is 7. The number of carboxylic acids is 1. The molecule has 0 spiro atoms. The fourth-order valence-electron chi connectivity index (χ4n) is 1.13. The van der Waals surface area contributed by atoms with Crippen LogP contribution in [0.2, 0.25) is 0 Å². The Morgan fingerprint density at radius 3 is 2.61 bits per heavy atom. The molecule has 1 rings (SSSR count). The first-order valence-electron chi connectivity index (χ1n) is 4.99. The van der Waals surface area contributed by atoms with E-state index in [1.54, 1.807) is 6.92 Å². The number of rotatable bonds is 5. The zero-order chi connectivity index (χ0) is 13.7. The number of aliphatic carboxylic acids is 1. The Labute approximate surface area is 107 Å². The van der Waals surface area contributed by atoms with E-state index in [0.717, 1.165) is 11.3 Å². The van der Waals surface area contributed by atoms with Gasteiger partial charge in [0, 0.05) is 12.4 Å². The number of carboxylic acid groups (broad SMARTS) is 1. The van der Waals surface area contributed by atoms with Crippen LogP contribution in [0.25, 0.3) is 0 Å². The van der Waals surface area contributed by atoms with Gasteiger partial charge in [0.05, 0.1) is 12.8 Å². The topological polar surface area (TPSA) is 108 Å². The number of carbonyl (C=O) groups is 3. The van der Waals surface area contributed by atoms with Crippen LogP contribution in [0.3, 0.4) is 0 Å². The average Bonchev–Trinajstić information content (AvgIpc) is 2.66. The van der Waals surface area contributed by atoms with E-state index in [9.17, 15) is 19.5 Å². The van der Waals surface area contributed by atoms with Gasteiger partial charge in [-0.15, -0.1) is 0 Å². The van der Waals surface area contributed by atoms with Crippen molar-refractivity contribution in [3.8, 4) is 0 Å². The lowest BCUT2D eigenvalue weighted by Gasteiger charge is -2.01. The predicted molar refractivity (Wildman–Crippen MR) is 61.1 cm³/mol. The number of thiazole rings is 1. The second kappa shape index (κ2) is 6.10. The first-order chi connectivity index (χ1) is 8.43. The zero-order valence-corrected chi connectivity index (χ0v) is 10.6. The highest BCUT2D eigenvalue weighted by Gasteiger charge is 2.16. The molecule has 7 nitrogen and oxygen atoms in total. The summed E-state index contributed by atoms with van der Waals surface area (Å²) in [5, 5.41) is 12.8. The lowest BCUT2D eigenvalue weighted by atomic mass is 10.3. The molecule has 0 unspecified atom stereocenters. The number of carbonyl (C=O) groups excluding carboxylic acids is 3. The summed E-state index contributed by atoms with van der Waals surface area (Å²) in [6.07, 6.45) is -0.561. The van der Waals surface area contributed by atoms with Crippen LogP contribution in [0.4, 0.5) is 5.13 Å². The Balaban J connectivity index is 2.66. The number of nitrogens with zero attached hydrogens (tertiary/aromatic N) is 1. The van der Waals surface area contributed by atoms with E-state index in [2.05, 4.69) is 15.0 Å². The highest BCUT2D eigenvalue weighted by Crippen LogP contribution is 2.23. The molecule has 1 heterocycles. The van der Waals surface area contributed by atoms with Gasteiger partial charge >= 0.3 is 5.97 Å². The molecule has 0 atom stereocenters. The van der Waals surface area contributed by atoms with Gasteiger partial charge in [-0.2, -0.15) is 0 Å². The van der Waals surface area contributed by atoms with Crippen LogP contribution in [0.15, 0.2) is 0 Å². The minimum absolute atomic E-state index is 0.200. The van der Waals surface area contributed by atoms with Crippen LogP contribution in [0, 0.1) is 6.92 Å². The predicted octanol–water partition coefficient (Wildman–Crippen LogP) is -0.293. The molecule has 0 aliphatic heterocycles. The molecular formula is C10H11N2O5S-. The van der Waals surface area contributed by atoms with E-state index < -0.39 is 17.8 Å². The molecule has 18 heavy (non-hydrogen) atoms. The van der Waals surface area contributed by atoms with Crippen LogP contribution < -0.4 is 10.4 Å². The average molecular weight is 271 g/mol. The molecule has 1 aromatic rings. The van der Waals surface area contributed by atoms with Crippen molar-refractivity contribution in [2.24, 2.45) is 0 Å². The summed E-state index contributed by atoms with van der Waals surface area (Å²) in [5.41, 5.74) is 0.446. The summed E-state index contributed by atoms with van der Waals surface area (Å²) >= 11 is 0.974. The van der Waals surface area contributed by atoms with Crippen molar-refractivity contribution in [1.82, 2.24) is 4.98 Å². The van der Waals surface area contributed by atoms with E-state index in [0.29, 0.717) is 10.6 Å². The van der Waals surface area contributed by atoms with Gasteiger partial charge in [-0.1, -0.05) is 11.3 Å². The molecule has 0 aliphatic carbocycles. The number of aromatic nitrogens is 1. The van der Waals surface area contributed by atoms with Crippen molar-refractivity contribution in [2.75, 3.05) is 12.4 Å². The van der Waals surface area contributed by atoms with E-state index in [1.165, 1.54) is 7.11 Å². The van der Waals surface area contributed by atoms with Crippen molar-refractivity contribution in [3.05, 3.63) is 10.6 Å². The minimum atomic E-state index is -1.30. The van der Waals surface area contributed by atoms with Gasteiger partial charge in [0.2, 0.25) is 5.91 Å². The molecule has 0 aliphatic rings. The SMILES string of the molecule is COC(=O)c1sc(NC(=O)CCC(=O)[O-])nc1C. The van der Waals surface area contributed by atoms with Crippen LogP contribution in [0.1, 0.15) is 28.2 Å². The number of esters is 1. The van der Waals surface area contributed by atoms with Gasteiger partial charge in [-0.25, -0.2) is 9.78 Å². The van der Waals surface area contributed by atoms with Crippen molar-refractivity contribution >= 4 is 34.3 Å². The van der Waals surface area contributed by atoms with Gasteiger partial charge < -0.3 is 20.0 Å². The highest BCUT2D eigenvalue weighted by atomic mass is 32.1. The first kappa shape index (κ1) is 14.1. The normalized spacial score (nSPS) is 9.89. The Hall–Kier alpha value is -1.96. The third-order valence-electron chi connectivity index (χ3n) is 1.97. The maximum atomic E-state index is 11.3. The summed E-state index contributed by atoms with van der Waals surface area (Å²) in [5.74, 6) is -2.32. The summed E-state index contributed by atoms with van der Waals surface area (Å²) in [6.45, 7) is 1.61. The monoisotopic (exact) mass is 271 g/mol. The lowest BCUT2D eigenvalue weighted by Crippen LogP contribution is -2.24. The number of amides is 1.